The summed E-state index contributed by atoms with van der Waals surface area (Å²) in [6.07, 6.45) is 1.67. The zero-order chi connectivity index (χ0) is 13.4. The Labute approximate surface area is 108 Å². The van der Waals surface area contributed by atoms with Gasteiger partial charge in [0.2, 0.25) is 0 Å². The maximum atomic E-state index is 13.6. The van der Waals surface area contributed by atoms with Gasteiger partial charge in [0.25, 0.3) is 0 Å². The van der Waals surface area contributed by atoms with E-state index in [0.717, 1.165) is 17.1 Å². The van der Waals surface area contributed by atoms with Crippen LogP contribution < -0.4 is 0 Å². The zero-order valence-electron chi connectivity index (χ0n) is 10.3. The van der Waals surface area contributed by atoms with E-state index in [2.05, 4.69) is 10.1 Å². The number of hydrogen-bond donors (Lipinski definition) is 0. The van der Waals surface area contributed by atoms with Crippen molar-refractivity contribution < 1.29 is 8.78 Å². The molecule has 0 atom stereocenters. The summed E-state index contributed by atoms with van der Waals surface area (Å²) in [5, 5.41) is 5.28. The molecule has 5 heteroatoms. The maximum Gasteiger partial charge on any atom is 0.158 e. The molecule has 3 rings (SSSR count). The van der Waals surface area contributed by atoms with E-state index < -0.39 is 11.6 Å². The first kappa shape index (κ1) is 11.8. The first-order valence-electron chi connectivity index (χ1n) is 5.87. The Hall–Kier alpha value is -2.30. The van der Waals surface area contributed by atoms with E-state index in [0.29, 0.717) is 11.2 Å². The Morgan fingerprint density at radius 2 is 2.05 bits per heavy atom. The monoisotopic (exact) mass is 259 g/mol. The molecule has 0 saturated carbocycles. The van der Waals surface area contributed by atoms with Crippen molar-refractivity contribution in [1.82, 2.24) is 14.8 Å². The highest BCUT2D eigenvalue weighted by atomic mass is 19.1. The molecule has 19 heavy (non-hydrogen) atoms. The summed E-state index contributed by atoms with van der Waals surface area (Å²) < 4.78 is 28.1. The molecule has 3 nitrogen and oxygen atoms in total. The largest absolute Gasteiger partial charge is 0.242 e. The zero-order valence-corrected chi connectivity index (χ0v) is 10.3. The smallest absolute Gasteiger partial charge is 0.158 e. The molecule has 0 bridgehead atoms. The number of halogens is 2. The summed E-state index contributed by atoms with van der Waals surface area (Å²) >= 11 is 0. The molecule has 0 aliphatic rings. The Morgan fingerprint density at radius 1 is 1.21 bits per heavy atom. The number of rotatable bonds is 2. The SMILES string of the molecule is Cc1nn(Cc2ccc(F)cc2F)c2ncccc12. The van der Waals surface area contributed by atoms with Crippen LogP contribution in [-0.2, 0) is 6.54 Å². The summed E-state index contributed by atoms with van der Waals surface area (Å²) in [6.45, 7) is 2.11. The van der Waals surface area contributed by atoms with Crippen molar-refractivity contribution >= 4 is 11.0 Å². The van der Waals surface area contributed by atoms with Gasteiger partial charge in [-0.05, 0) is 25.1 Å². The average molecular weight is 259 g/mol. The summed E-state index contributed by atoms with van der Waals surface area (Å²) in [4.78, 5) is 4.25. The molecule has 0 fully saturated rings. The van der Waals surface area contributed by atoms with E-state index in [-0.39, 0.29) is 6.54 Å². The van der Waals surface area contributed by atoms with Crippen LogP contribution in [0.1, 0.15) is 11.3 Å². The minimum Gasteiger partial charge on any atom is -0.242 e. The van der Waals surface area contributed by atoms with Gasteiger partial charge >= 0.3 is 0 Å². The normalized spacial score (nSPS) is 11.1. The van der Waals surface area contributed by atoms with Crippen LogP contribution in [0.5, 0.6) is 0 Å². The van der Waals surface area contributed by atoms with Gasteiger partial charge in [-0.3, -0.25) is 0 Å². The molecule has 2 aromatic heterocycles. The van der Waals surface area contributed by atoms with E-state index in [4.69, 9.17) is 0 Å². The van der Waals surface area contributed by atoms with Crippen molar-refractivity contribution in [3.63, 3.8) is 0 Å². The lowest BCUT2D eigenvalue weighted by Gasteiger charge is -2.04. The molecular weight excluding hydrogens is 248 g/mol. The lowest BCUT2D eigenvalue weighted by Crippen LogP contribution is -2.05. The fraction of sp³-hybridized carbons (Fsp3) is 0.143. The molecule has 2 heterocycles. The predicted octanol–water partition coefficient (Wildman–Crippen LogP) is 3.07. The minimum atomic E-state index is -0.583. The number of fused-ring (bicyclic) bond motifs is 1. The van der Waals surface area contributed by atoms with Crippen LogP contribution in [0.15, 0.2) is 36.5 Å². The van der Waals surface area contributed by atoms with Gasteiger partial charge in [-0.2, -0.15) is 5.10 Å². The summed E-state index contributed by atoms with van der Waals surface area (Å²) in [5.74, 6) is -1.15. The van der Waals surface area contributed by atoms with Crippen molar-refractivity contribution in [2.45, 2.75) is 13.5 Å². The van der Waals surface area contributed by atoms with E-state index >= 15 is 0 Å². The van der Waals surface area contributed by atoms with Crippen molar-refractivity contribution in [1.29, 1.82) is 0 Å². The van der Waals surface area contributed by atoms with Gasteiger partial charge in [0.15, 0.2) is 5.65 Å². The Bertz CT molecular complexity index is 750. The number of aryl methyl sites for hydroxylation is 1. The van der Waals surface area contributed by atoms with Crippen LogP contribution in [0.4, 0.5) is 8.78 Å². The third-order valence-corrected chi connectivity index (χ3v) is 3.03. The van der Waals surface area contributed by atoms with Gasteiger partial charge in [0.05, 0.1) is 12.2 Å². The van der Waals surface area contributed by atoms with Crippen LogP contribution in [0.2, 0.25) is 0 Å². The van der Waals surface area contributed by atoms with Crippen LogP contribution in [0.3, 0.4) is 0 Å². The Morgan fingerprint density at radius 3 is 2.84 bits per heavy atom. The summed E-state index contributed by atoms with van der Waals surface area (Å²) in [6, 6.07) is 7.30. The average Bonchev–Trinajstić information content (AvgIpc) is 2.71. The van der Waals surface area contributed by atoms with E-state index in [1.165, 1.54) is 12.1 Å². The van der Waals surface area contributed by atoms with Crippen LogP contribution in [-0.4, -0.2) is 14.8 Å². The van der Waals surface area contributed by atoms with E-state index in [1.54, 1.807) is 10.9 Å². The molecule has 0 aliphatic carbocycles. The second kappa shape index (κ2) is 4.42. The van der Waals surface area contributed by atoms with Crippen molar-refractivity contribution in [3.8, 4) is 0 Å². The van der Waals surface area contributed by atoms with Gasteiger partial charge in [-0.25, -0.2) is 18.4 Å². The topological polar surface area (TPSA) is 30.7 Å². The third kappa shape index (κ3) is 2.07. The first-order chi connectivity index (χ1) is 9.15. The second-order valence-electron chi connectivity index (χ2n) is 4.35. The van der Waals surface area contributed by atoms with Gasteiger partial charge in [0, 0.05) is 23.2 Å². The van der Waals surface area contributed by atoms with E-state index in [9.17, 15) is 8.78 Å². The van der Waals surface area contributed by atoms with Gasteiger partial charge in [-0.15, -0.1) is 0 Å². The number of nitrogens with zero attached hydrogens (tertiary/aromatic N) is 3. The Balaban J connectivity index is 2.06. The van der Waals surface area contributed by atoms with Gasteiger partial charge in [-0.1, -0.05) is 6.07 Å². The molecule has 0 spiro atoms. The lowest BCUT2D eigenvalue weighted by atomic mass is 10.2. The number of benzene rings is 1. The standard InChI is InChI=1S/C14H11F2N3/c1-9-12-3-2-6-17-14(12)19(18-9)8-10-4-5-11(15)7-13(10)16/h2-7H,8H2,1H3. The highest BCUT2D eigenvalue weighted by Crippen LogP contribution is 2.18. The molecule has 0 aliphatic heterocycles. The second-order valence-corrected chi connectivity index (χ2v) is 4.35. The number of hydrogen-bond acceptors (Lipinski definition) is 2. The van der Waals surface area contributed by atoms with E-state index in [1.807, 2.05) is 19.1 Å². The first-order valence-corrected chi connectivity index (χ1v) is 5.87. The molecule has 0 amide bonds. The summed E-state index contributed by atoms with van der Waals surface area (Å²) in [7, 11) is 0. The summed E-state index contributed by atoms with van der Waals surface area (Å²) in [5.41, 5.74) is 1.92. The highest BCUT2D eigenvalue weighted by Gasteiger charge is 2.10. The molecule has 1 aromatic carbocycles. The molecule has 0 saturated heterocycles. The fourth-order valence-electron chi connectivity index (χ4n) is 2.09. The van der Waals surface area contributed by atoms with Crippen molar-refractivity contribution in [2.75, 3.05) is 0 Å². The predicted molar refractivity (Wildman–Crippen MR) is 67.7 cm³/mol. The number of pyridine rings is 1. The van der Waals surface area contributed by atoms with Crippen LogP contribution in [0, 0.1) is 18.6 Å². The third-order valence-electron chi connectivity index (χ3n) is 3.03. The quantitative estimate of drug-likeness (QED) is 0.708. The minimum absolute atomic E-state index is 0.230. The Kier molecular flexibility index (Phi) is 2.74. The molecule has 0 radical (unpaired) electrons. The molecule has 96 valence electrons. The fourth-order valence-corrected chi connectivity index (χ4v) is 2.09. The van der Waals surface area contributed by atoms with Crippen molar-refractivity contribution in [2.24, 2.45) is 0 Å². The van der Waals surface area contributed by atoms with Gasteiger partial charge < -0.3 is 0 Å². The number of aromatic nitrogens is 3. The lowest BCUT2D eigenvalue weighted by molar-refractivity contribution is 0.560. The maximum absolute atomic E-state index is 13.6. The molecule has 0 N–H and O–H groups in total. The van der Waals surface area contributed by atoms with Crippen LogP contribution in [0.25, 0.3) is 11.0 Å². The molecular formula is C14H11F2N3. The highest BCUT2D eigenvalue weighted by molar-refractivity contribution is 5.77. The molecule has 0 unspecified atom stereocenters. The van der Waals surface area contributed by atoms with Gasteiger partial charge in [0.1, 0.15) is 11.6 Å². The van der Waals surface area contributed by atoms with Crippen molar-refractivity contribution in [3.05, 3.63) is 59.4 Å². The van der Waals surface area contributed by atoms with Crippen LogP contribution >= 0.6 is 0 Å². The molecule has 3 aromatic rings.